The van der Waals surface area contributed by atoms with Gasteiger partial charge in [-0.1, -0.05) is 56.3 Å². The summed E-state index contributed by atoms with van der Waals surface area (Å²) in [7, 11) is 2.49. The lowest BCUT2D eigenvalue weighted by Gasteiger charge is -2.23. The van der Waals surface area contributed by atoms with Crippen molar-refractivity contribution in [3.8, 4) is 0 Å². The van der Waals surface area contributed by atoms with E-state index in [0.717, 1.165) is 32.1 Å². The highest BCUT2D eigenvalue weighted by molar-refractivity contribution is 7.14. The zero-order valence-electron chi connectivity index (χ0n) is 20.8. The molecule has 2 amide bonds. The Morgan fingerprint density at radius 1 is 0.861 bits per heavy atom. The third-order valence-corrected chi connectivity index (χ3v) is 6.45. The molecule has 0 saturated heterocycles. The summed E-state index contributed by atoms with van der Waals surface area (Å²) in [4.78, 5) is 28.1. The van der Waals surface area contributed by atoms with Gasteiger partial charge in [-0.05, 0) is 63.9 Å². The molecular weight excluding hydrogens is 479 g/mol. The van der Waals surface area contributed by atoms with Crippen molar-refractivity contribution in [1.82, 2.24) is 9.57 Å². The van der Waals surface area contributed by atoms with Gasteiger partial charge in [0.05, 0.1) is 0 Å². The SMILES string of the molecule is CCN(CC)Cc1ccccc1CN(P)C(=O)c1cccc(NC(=O)c2ccc(C(C)(F)F)cc2)c1. The van der Waals surface area contributed by atoms with Gasteiger partial charge in [-0.3, -0.25) is 14.5 Å². The average Bonchev–Trinajstić information content (AvgIpc) is 2.87. The van der Waals surface area contributed by atoms with Gasteiger partial charge in [0, 0.05) is 42.4 Å². The molecule has 0 aliphatic heterocycles. The van der Waals surface area contributed by atoms with Crippen molar-refractivity contribution in [2.45, 2.75) is 39.8 Å². The Kier molecular flexibility index (Phi) is 9.30. The summed E-state index contributed by atoms with van der Waals surface area (Å²) in [5.74, 6) is -3.62. The van der Waals surface area contributed by atoms with E-state index in [4.69, 9.17) is 0 Å². The number of carbonyl (C=O) groups excluding carboxylic acids is 2. The number of nitrogens with zero attached hydrogens (tertiary/aromatic N) is 2. The zero-order valence-corrected chi connectivity index (χ0v) is 22.0. The largest absolute Gasteiger partial charge is 0.322 e. The topological polar surface area (TPSA) is 52.6 Å². The summed E-state index contributed by atoms with van der Waals surface area (Å²) in [6, 6.07) is 19.9. The van der Waals surface area contributed by atoms with Gasteiger partial charge < -0.3 is 9.99 Å². The fourth-order valence-corrected chi connectivity index (χ4v) is 4.17. The van der Waals surface area contributed by atoms with Gasteiger partial charge in [0.15, 0.2) is 0 Å². The quantitative estimate of drug-likeness (QED) is 0.324. The third-order valence-electron chi connectivity index (χ3n) is 6.03. The predicted octanol–water partition coefficient (Wildman–Crippen LogP) is 6.32. The number of amides is 2. The van der Waals surface area contributed by atoms with Gasteiger partial charge in [0.25, 0.3) is 17.7 Å². The molecule has 0 aromatic heterocycles. The summed E-state index contributed by atoms with van der Waals surface area (Å²) in [6.07, 6.45) is 0. The van der Waals surface area contributed by atoms with Crippen LogP contribution < -0.4 is 5.32 Å². The normalized spacial score (nSPS) is 11.4. The highest BCUT2D eigenvalue weighted by Crippen LogP contribution is 2.27. The predicted molar refractivity (Wildman–Crippen MR) is 143 cm³/mol. The number of anilines is 1. The number of halogens is 2. The van der Waals surface area contributed by atoms with Gasteiger partial charge in [-0.25, -0.2) is 8.78 Å². The van der Waals surface area contributed by atoms with Crippen LogP contribution >= 0.6 is 9.39 Å². The van der Waals surface area contributed by atoms with Gasteiger partial charge in [0.2, 0.25) is 0 Å². The molecule has 36 heavy (non-hydrogen) atoms. The number of benzene rings is 3. The van der Waals surface area contributed by atoms with Gasteiger partial charge >= 0.3 is 0 Å². The summed E-state index contributed by atoms with van der Waals surface area (Å²) in [5.41, 5.74) is 3.19. The fourth-order valence-electron chi connectivity index (χ4n) is 3.82. The molecule has 0 saturated carbocycles. The molecule has 0 heterocycles. The maximum atomic E-state index is 13.4. The van der Waals surface area contributed by atoms with Crippen molar-refractivity contribution in [2.75, 3.05) is 18.4 Å². The Bertz CT molecular complexity index is 1190. The molecule has 0 aliphatic rings. The minimum Gasteiger partial charge on any atom is -0.322 e. The van der Waals surface area contributed by atoms with Crippen LogP contribution in [0.3, 0.4) is 0 Å². The molecule has 1 atom stereocenters. The van der Waals surface area contributed by atoms with Crippen LogP contribution in [-0.2, 0) is 19.0 Å². The standard InChI is InChI=1S/C28H32F2N3O2P/c1-4-32(5-2)18-22-9-6-7-10-23(22)19-33(36)27(35)21-11-8-12-25(17-21)31-26(34)20-13-15-24(16-14-20)28(3,29)30/h6-17H,4-5,18-19,36H2,1-3H3,(H,31,34). The van der Waals surface area contributed by atoms with Gasteiger partial charge in [-0.2, -0.15) is 0 Å². The van der Waals surface area contributed by atoms with E-state index in [1.54, 1.807) is 28.9 Å². The minimum atomic E-state index is -2.97. The molecule has 0 spiro atoms. The Morgan fingerprint density at radius 3 is 2.06 bits per heavy atom. The Labute approximate surface area is 213 Å². The monoisotopic (exact) mass is 511 g/mol. The van der Waals surface area contributed by atoms with E-state index in [1.165, 1.54) is 29.8 Å². The van der Waals surface area contributed by atoms with Crippen LogP contribution in [0.5, 0.6) is 0 Å². The van der Waals surface area contributed by atoms with Crippen molar-refractivity contribution < 1.29 is 18.4 Å². The summed E-state index contributed by atoms with van der Waals surface area (Å²) < 4.78 is 28.4. The van der Waals surface area contributed by atoms with Crippen molar-refractivity contribution >= 4 is 26.9 Å². The van der Waals surface area contributed by atoms with E-state index in [-0.39, 0.29) is 17.0 Å². The molecule has 3 aromatic carbocycles. The van der Waals surface area contributed by atoms with E-state index in [0.29, 0.717) is 17.8 Å². The highest BCUT2D eigenvalue weighted by atomic mass is 31.0. The first-order valence-corrected chi connectivity index (χ1v) is 12.4. The summed E-state index contributed by atoms with van der Waals surface area (Å²) >= 11 is 0. The molecule has 3 rings (SSSR count). The van der Waals surface area contributed by atoms with E-state index < -0.39 is 11.8 Å². The first-order valence-electron chi connectivity index (χ1n) is 11.9. The van der Waals surface area contributed by atoms with Crippen molar-refractivity contribution in [3.05, 3.63) is 101 Å². The Morgan fingerprint density at radius 2 is 1.47 bits per heavy atom. The molecular formula is C28H32F2N3O2P. The molecule has 1 unspecified atom stereocenters. The number of hydrogen-bond acceptors (Lipinski definition) is 3. The number of rotatable bonds is 10. The molecule has 0 radical (unpaired) electrons. The first-order chi connectivity index (χ1) is 17.1. The number of nitrogens with one attached hydrogen (secondary N) is 1. The maximum Gasteiger partial charge on any atom is 0.270 e. The minimum absolute atomic E-state index is 0.161. The van der Waals surface area contributed by atoms with E-state index in [2.05, 4.69) is 39.5 Å². The number of hydrogen-bond donors (Lipinski definition) is 1. The van der Waals surface area contributed by atoms with Crippen LogP contribution in [0.1, 0.15) is 58.2 Å². The summed E-state index contributed by atoms with van der Waals surface area (Å²) in [6.45, 7) is 8.19. The lowest BCUT2D eigenvalue weighted by Crippen LogP contribution is -2.25. The molecule has 0 bridgehead atoms. The highest BCUT2D eigenvalue weighted by Gasteiger charge is 2.24. The summed E-state index contributed by atoms with van der Waals surface area (Å²) in [5, 5.41) is 2.73. The maximum absolute atomic E-state index is 13.4. The number of alkyl halides is 2. The molecule has 5 nitrogen and oxygen atoms in total. The molecule has 0 fully saturated rings. The fraction of sp³-hybridized carbons (Fsp3) is 0.286. The second-order valence-electron chi connectivity index (χ2n) is 8.66. The molecule has 3 aromatic rings. The van der Waals surface area contributed by atoms with Crippen LogP contribution in [0.15, 0.2) is 72.8 Å². The van der Waals surface area contributed by atoms with Gasteiger partial charge in [0.1, 0.15) is 0 Å². The third kappa shape index (κ3) is 7.19. The Balaban J connectivity index is 1.69. The lowest BCUT2D eigenvalue weighted by atomic mass is 10.1. The number of carbonyl (C=O) groups is 2. The average molecular weight is 512 g/mol. The molecule has 190 valence electrons. The molecule has 8 heteroatoms. The van der Waals surface area contributed by atoms with Crippen LogP contribution in [0.2, 0.25) is 0 Å². The van der Waals surface area contributed by atoms with Gasteiger partial charge in [-0.15, -0.1) is 0 Å². The van der Waals surface area contributed by atoms with Crippen LogP contribution in [-0.4, -0.2) is 34.5 Å². The van der Waals surface area contributed by atoms with E-state index in [1.807, 2.05) is 18.2 Å². The van der Waals surface area contributed by atoms with Crippen molar-refractivity contribution in [3.63, 3.8) is 0 Å². The van der Waals surface area contributed by atoms with Crippen LogP contribution in [0.4, 0.5) is 14.5 Å². The van der Waals surface area contributed by atoms with Crippen LogP contribution in [0.25, 0.3) is 0 Å². The first kappa shape index (κ1) is 27.4. The second-order valence-corrected chi connectivity index (χ2v) is 9.29. The van der Waals surface area contributed by atoms with Crippen LogP contribution in [0, 0.1) is 0 Å². The van der Waals surface area contributed by atoms with E-state index in [9.17, 15) is 18.4 Å². The van der Waals surface area contributed by atoms with E-state index >= 15 is 0 Å². The zero-order chi connectivity index (χ0) is 26.3. The lowest BCUT2D eigenvalue weighted by molar-refractivity contribution is 0.0174. The molecule has 1 N–H and O–H groups in total. The second kappa shape index (κ2) is 12.2. The van der Waals surface area contributed by atoms with Crippen molar-refractivity contribution in [1.29, 1.82) is 0 Å². The van der Waals surface area contributed by atoms with Crippen molar-refractivity contribution in [2.24, 2.45) is 0 Å². The Hall–Kier alpha value is -3.15. The smallest absolute Gasteiger partial charge is 0.270 e. The molecule has 0 aliphatic carbocycles.